The van der Waals surface area contributed by atoms with Crippen LogP contribution in [0.5, 0.6) is 11.5 Å². The zero-order valence-electron chi connectivity index (χ0n) is 17.6. The van der Waals surface area contributed by atoms with Crippen LogP contribution in [0.1, 0.15) is 19.7 Å². The molecule has 0 bridgehead atoms. The molecule has 0 atom stereocenters. The molecule has 0 amide bonds. The molecule has 0 fully saturated rings. The molecule has 4 rings (SSSR count). The summed E-state index contributed by atoms with van der Waals surface area (Å²) < 4.78 is 18.5. The highest BCUT2D eigenvalue weighted by Gasteiger charge is 2.16. The van der Waals surface area contributed by atoms with Gasteiger partial charge in [-0.25, -0.2) is 4.98 Å². The molecule has 0 N–H and O–H groups in total. The lowest BCUT2D eigenvalue weighted by Crippen LogP contribution is -2.24. The van der Waals surface area contributed by atoms with E-state index in [0.29, 0.717) is 56.8 Å². The summed E-state index contributed by atoms with van der Waals surface area (Å²) in [5, 5.41) is 6.62. The molecule has 1 aromatic carbocycles. The predicted molar refractivity (Wildman–Crippen MR) is 121 cm³/mol. The molecule has 4 aromatic rings. The van der Waals surface area contributed by atoms with Gasteiger partial charge in [0.1, 0.15) is 16.2 Å². The normalized spacial score (nSPS) is 11.4. The first-order chi connectivity index (χ1) is 15.0. The summed E-state index contributed by atoms with van der Waals surface area (Å²) >= 11 is 2.83. The van der Waals surface area contributed by atoms with E-state index >= 15 is 0 Å². The number of fused-ring (bicyclic) bond motifs is 1. The quantitative estimate of drug-likeness (QED) is 0.282. The van der Waals surface area contributed by atoms with Crippen LogP contribution in [0.3, 0.4) is 0 Å². The van der Waals surface area contributed by atoms with E-state index in [1.54, 1.807) is 24.9 Å². The second kappa shape index (κ2) is 9.11. The van der Waals surface area contributed by atoms with Crippen molar-refractivity contribution in [2.24, 2.45) is 5.92 Å². The molecule has 0 aliphatic rings. The number of aromatic nitrogens is 4. The van der Waals surface area contributed by atoms with Gasteiger partial charge in [-0.05, 0) is 29.5 Å². The van der Waals surface area contributed by atoms with E-state index in [0.717, 1.165) is 5.56 Å². The Morgan fingerprint density at radius 2 is 1.90 bits per heavy atom. The van der Waals surface area contributed by atoms with E-state index in [2.05, 4.69) is 29.0 Å². The monoisotopic (exact) mass is 458 g/mol. The molecule has 0 unspecified atom stereocenters. The average Bonchev–Trinajstić information content (AvgIpc) is 3.43. The lowest BCUT2D eigenvalue weighted by molar-refractivity contribution is 0.390. The Morgan fingerprint density at radius 1 is 1.16 bits per heavy atom. The van der Waals surface area contributed by atoms with E-state index in [9.17, 15) is 4.79 Å². The Bertz CT molecular complexity index is 1240. The molecule has 10 heteroatoms. The SMILES string of the molecule is COc1cc(OC)cc(-c2noc(CSc3nc4ccsc4c(=O)n3CC(C)C)n2)c1. The van der Waals surface area contributed by atoms with Crippen molar-refractivity contribution >= 4 is 33.3 Å². The third-order valence-corrected chi connectivity index (χ3v) is 6.33. The fourth-order valence-corrected chi connectivity index (χ4v) is 4.68. The van der Waals surface area contributed by atoms with Crippen LogP contribution in [-0.2, 0) is 12.3 Å². The number of thiophene rings is 1. The maximum Gasteiger partial charge on any atom is 0.272 e. The Morgan fingerprint density at radius 3 is 2.58 bits per heavy atom. The lowest BCUT2D eigenvalue weighted by Gasteiger charge is -2.13. The van der Waals surface area contributed by atoms with Crippen molar-refractivity contribution in [2.45, 2.75) is 31.3 Å². The molecular weight excluding hydrogens is 436 g/mol. The van der Waals surface area contributed by atoms with Crippen LogP contribution in [-0.4, -0.2) is 33.9 Å². The first kappa shape index (κ1) is 21.4. The van der Waals surface area contributed by atoms with Crippen molar-refractivity contribution in [2.75, 3.05) is 14.2 Å². The molecule has 8 nitrogen and oxygen atoms in total. The minimum Gasteiger partial charge on any atom is -0.497 e. The summed E-state index contributed by atoms with van der Waals surface area (Å²) in [6.07, 6.45) is 0. The van der Waals surface area contributed by atoms with Crippen molar-refractivity contribution < 1.29 is 14.0 Å². The van der Waals surface area contributed by atoms with Gasteiger partial charge in [0.15, 0.2) is 5.16 Å². The number of rotatable bonds is 8. The van der Waals surface area contributed by atoms with E-state index in [1.807, 2.05) is 23.6 Å². The van der Waals surface area contributed by atoms with Gasteiger partial charge < -0.3 is 14.0 Å². The first-order valence-electron chi connectivity index (χ1n) is 9.65. The first-order valence-corrected chi connectivity index (χ1v) is 11.5. The summed E-state index contributed by atoms with van der Waals surface area (Å²) in [5.74, 6) is 2.87. The van der Waals surface area contributed by atoms with Crippen LogP contribution in [0, 0.1) is 5.92 Å². The zero-order chi connectivity index (χ0) is 22.0. The van der Waals surface area contributed by atoms with Crippen LogP contribution in [0.25, 0.3) is 21.6 Å². The van der Waals surface area contributed by atoms with Crippen LogP contribution in [0.4, 0.5) is 0 Å². The van der Waals surface area contributed by atoms with E-state index < -0.39 is 0 Å². The smallest absolute Gasteiger partial charge is 0.272 e. The number of benzene rings is 1. The number of hydrogen-bond acceptors (Lipinski definition) is 9. The molecule has 0 saturated heterocycles. The fourth-order valence-electron chi connectivity index (χ4n) is 3.05. The number of thioether (sulfide) groups is 1. The minimum atomic E-state index is -0.00843. The van der Waals surface area contributed by atoms with Gasteiger partial charge in [-0.3, -0.25) is 9.36 Å². The Balaban J connectivity index is 1.59. The number of hydrogen-bond donors (Lipinski definition) is 0. The van der Waals surface area contributed by atoms with Gasteiger partial charge in [-0.2, -0.15) is 4.98 Å². The third kappa shape index (κ3) is 4.59. The Labute approximate surface area is 187 Å². The van der Waals surface area contributed by atoms with Gasteiger partial charge in [-0.1, -0.05) is 30.8 Å². The Kier molecular flexibility index (Phi) is 6.28. The van der Waals surface area contributed by atoms with E-state index in [-0.39, 0.29) is 5.56 Å². The third-order valence-electron chi connectivity index (χ3n) is 4.48. The molecule has 0 aliphatic carbocycles. The summed E-state index contributed by atoms with van der Waals surface area (Å²) in [4.78, 5) is 22.1. The summed E-state index contributed by atoms with van der Waals surface area (Å²) in [5.41, 5.74) is 1.43. The van der Waals surface area contributed by atoms with Gasteiger partial charge in [-0.15, -0.1) is 11.3 Å². The summed E-state index contributed by atoms with van der Waals surface area (Å²) in [6.45, 7) is 4.75. The zero-order valence-corrected chi connectivity index (χ0v) is 19.2. The molecule has 3 heterocycles. The van der Waals surface area contributed by atoms with Gasteiger partial charge in [0.2, 0.25) is 11.7 Å². The Hall–Kier alpha value is -2.85. The molecule has 0 saturated carbocycles. The fraction of sp³-hybridized carbons (Fsp3) is 0.333. The molecule has 0 radical (unpaired) electrons. The van der Waals surface area contributed by atoms with Crippen molar-refractivity contribution in [1.29, 1.82) is 0 Å². The topological polar surface area (TPSA) is 92.3 Å². The van der Waals surface area contributed by atoms with Crippen molar-refractivity contribution in [3.63, 3.8) is 0 Å². The van der Waals surface area contributed by atoms with Crippen LogP contribution < -0.4 is 15.0 Å². The highest BCUT2D eigenvalue weighted by Crippen LogP contribution is 2.29. The van der Waals surface area contributed by atoms with Gasteiger partial charge in [0.25, 0.3) is 5.56 Å². The summed E-state index contributed by atoms with van der Waals surface area (Å²) in [6, 6.07) is 7.28. The molecular formula is C21H22N4O4S2. The molecule has 0 spiro atoms. The van der Waals surface area contributed by atoms with E-state index in [1.165, 1.54) is 23.1 Å². The lowest BCUT2D eigenvalue weighted by atomic mass is 10.2. The largest absolute Gasteiger partial charge is 0.497 e. The molecule has 31 heavy (non-hydrogen) atoms. The maximum atomic E-state index is 12.9. The summed E-state index contributed by atoms with van der Waals surface area (Å²) in [7, 11) is 3.18. The van der Waals surface area contributed by atoms with Gasteiger partial charge in [0, 0.05) is 18.2 Å². The van der Waals surface area contributed by atoms with Crippen molar-refractivity contribution in [3.05, 3.63) is 45.9 Å². The second-order valence-corrected chi connectivity index (χ2v) is 9.10. The average molecular weight is 459 g/mol. The highest BCUT2D eigenvalue weighted by atomic mass is 32.2. The number of ether oxygens (including phenoxy) is 2. The molecule has 0 aliphatic heterocycles. The van der Waals surface area contributed by atoms with Crippen LogP contribution in [0.2, 0.25) is 0 Å². The minimum absolute atomic E-state index is 0.00843. The van der Waals surface area contributed by atoms with Crippen LogP contribution in [0.15, 0.2) is 44.1 Å². The van der Waals surface area contributed by atoms with E-state index in [4.69, 9.17) is 14.0 Å². The van der Waals surface area contributed by atoms with Gasteiger partial charge in [0.05, 0.1) is 25.5 Å². The van der Waals surface area contributed by atoms with Gasteiger partial charge >= 0.3 is 0 Å². The molecule has 162 valence electrons. The number of nitrogens with zero attached hydrogens (tertiary/aromatic N) is 4. The van der Waals surface area contributed by atoms with Crippen molar-refractivity contribution in [1.82, 2.24) is 19.7 Å². The van der Waals surface area contributed by atoms with Crippen molar-refractivity contribution in [3.8, 4) is 22.9 Å². The highest BCUT2D eigenvalue weighted by molar-refractivity contribution is 7.98. The standard InChI is InChI=1S/C21H22N4O4S2/c1-12(2)10-25-20(26)18-16(5-6-30-18)22-21(25)31-11-17-23-19(24-29-17)13-7-14(27-3)9-15(8-13)28-4/h5-9,12H,10-11H2,1-4H3. The molecule has 3 aromatic heterocycles. The maximum absolute atomic E-state index is 12.9. The number of methoxy groups -OCH3 is 2. The van der Waals surface area contributed by atoms with Crippen LogP contribution >= 0.6 is 23.1 Å². The predicted octanol–water partition coefficient (Wildman–Crippen LogP) is 4.47. The second-order valence-electron chi connectivity index (χ2n) is 7.24.